The lowest BCUT2D eigenvalue weighted by atomic mass is 9.94. The van der Waals surface area contributed by atoms with Gasteiger partial charge in [0.15, 0.2) is 9.84 Å². The molecule has 1 aromatic heterocycles. The van der Waals surface area contributed by atoms with Crippen molar-refractivity contribution in [1.82, 2.24) is 15.1 Å². The summed E-state index contributed by atoms with van der Waals surface area (Å²) in [4.78, 5) is 0. The van der Waals surface area contributed by atoms with E-state index in [0.29, 0.717) is 11.5 Å². The van der Waals surface area contributed by atoms with Gasteiger partial charge in [-0.15, -0.1) is 0 Å². The Bertz CT molecular complexity index is 551. The molecule has 0 spiro atoms. The first-order chi connectivity index (χ1) is 9.41. The molecule has 6 heteroatoms. The predicted molar refractivity (Wildman–Crippen MR) is 80.5 cm³/mol. The summed E-state index contributed by atoms with van der Waals surface area (Å²) >= 11 is 0. The van der Waals surface area contributed by atoms with Gasteiger partial charge in [-0.2, -0.15) is 5.10 Å². The number of rotatable bonds is 6. The second-order valence-corrected chi connectivity index (χ2v) is 8.06. The number of nitrogens with zero attached hydrogens (tertiary/aromatic N) is 2. The van der Waals surface area contributed by atoms with Crippen LogP contribution in [-0.2, 0) is 23.3 Å². The summed E-state index contributed by atoms with van der Waals surface area (Å²) in [5, 5.41) is 7.90. The van der Waals surface area contributed by atoms with Crippen molar-refractivity contribution >= 4 is 9.84 Å². The SMILES string of the molecule is CCCNC(Cc1cc(C)nn1C)C1CCS(=O)(=O)C1. The largest absolute Gasteiger partial charge is 0.313 e. The number of sulfone groups is 1. The Hall–Kier alpha value is -0.880. The number of hydrogen-bond donors (Lipinski definition) is 1. The van der Waals surface area contributed by atoms with Gasteiger partial charge in [-0.1, -0.05) is 6.92 Å². The van der Waals surface area contributed by atoms with E-state index in [1.165, 1.54) is 5.69 Å². The van der Waals surface area contributed by atoms with Gasteiger partial charge in [0, 0.05) is 25.2 Å². The van der Waals surface area contributed by atoms with Crippen molar-refractivity contribution < 1.29 is 8.42 Å². The summed E-state index contributed by atoms with van der Waals surface area (Å²) in [6, 6.07) is 2.31. The van der Waals surface area contributed by atoms with Crippen LogP contribution in [-0.4, -0.2) is 42.3 Å². The molecule has 0 amide bonds. The van der Waals surface area contributed by atoms with Crippen molar-refractivity contribution in [1.29, 1.82) is 0 Å². The Morgan fingerprint density at radius 2 is 2.30 bits per heavy atom. The molecule has 20 heavy (non-hydrogen) atoms. The van der Waals surface area contributed by atoms with Crippen molar-refractivity contribution in [3.63, 3.8) is 0 Å². The fraction of sp³-hybridized carbons (Fsp3) is 0.786. The Labute approximate surface area is 121 Å². The van der Waals surface area contributed by atoms with Crippen LogP contribution in [0.15, 0.2) is 6.07 Å². The zero-order valence-corrected chi connectivity index (χ0v) is 13.4. The third-order valence-corrected chi connectivity index (χ3v) is 5.81. The van der Waals surface area contributed by atoms with Gasteiger partial charge < -0.3 is 5.32 Å². The Kier molecular flexibility index (Phi) is 4.86. The summed E-state index contributed by atoms with van der Waals surface area (Å²) in [5.41, 5.74) is 2.18. The first-order valence-corrected chi connectivity index (χ1v) is 9.16. The average Bonchev–Trinajstić information content (AvgIpc) is 2.87. The molecular weight excluding hydrogens is 274 g/mol. The molecule has 0 aliphatic carbocycles. The van der Waals surface area contributed by atoms with E-state index in [4.69, 9.17) is 0 Å². The Morgan fingerprint density at radius 1 is 1.55 bits per heavy atom. The molecule has 1 aliphatic heterocycles. The van der Waals surface area contributed by atoms with Gasteiger partial charge in [0.25, 0.3) is 0 Å². The first-order valence-electron chi connectivity index (χ1n) is 7.34. The van der Waals surface area contributed by atoms with Crippen LogP contribution in [0.2, 0.25) is 0 Å². The third kappa shape index (κ3) is 3.82. The van der Waals surface area contributed by atoms with Crippen LogP contribution < -0.4 is 5.32 Å². The van der Waals surface area contributed by atoms with Gasteiger partial charge in [-0.05, 0) is 38.3 Å². The second-order valence-electron chi connectivity index (χ2n) is 5.83. The smallest absolute Gasteiger partial charge is 0.150 e. The highest BCUT2D eigenvalue weighted by molar-refractivity contribution is 7.91. The lowest BCUT2D eigenvalue weighted by Gasteiger charge is -2.24. The van der Waals surface area contributed by atoms with Crippen LogP contribution >= 0.6 is 0 Å². The zero-order valence-electron chi connectivity index (χ0n) is 12.6. The molecule has 0 aromatic carbocycles. The summed E-state index contributed by atoms with van der Waals surface area (Å²) in [6.45, 7) is 5.04. The standard InChI is InChI=1S/C14H25N3O2S/c1-4-6-15-14(12-5-7-20(18,19)10-12)9-13-8-11(2)16-17(13)3/h8,12,14-15H,4-7,9-10H2,1-3H3. The highest BCUT2D eigenvalue weighted by Crippen LogP contribution is 2.24. The molecule has 1 aromatic rings. The van der Waals surface area contributed by atoms with Gasteiger partial charge in [-0.25, -0.2) is 8.42 Å². The van der Waals surface area contributed by atoms with Gasteiger partial charge in [0.2, 0.25) is 0 Å². The van der Waals surface area contributed by atoms with Crippen molar-refractivity contribution in [3.05, 3.63) is 17.5 Å². The minimum Gasteiger partial charge on any atom is -0.313 e. The lowest BCUT2D eigenvalue weighted by Crippen LogP contribution is -2.39. The van der Waals surface area contributed by atoms with Crippen LogP contribution in [0.4, 0.5) is 0 Å². The second kappa shape index (κ2) is 6.26. The fourth-order valence-corrected chi connectivity index (χ4v) is 4.84. The normalized spacial score (nSPS) is 23.1. The molecule has 2 rings (SSSR count). The maximum atomic E-state index is 11.7. The van der Waals surface area contributed by atoms with Crippen molar-refractivity contribution in [2.75, 3.05) is 18.1 Å². The molecule has 1 aliphatic rings. The van der Waals surface area contributed by atoms with Crippen LogP contribution in [0.3, 0.4) is 0 Å². The Balaban J connectivity index is 2.09. The van der Waals surface area contributed by atoms with E-state index in [9.17, 15) is 8.42 Å². The number of nitrogens with one attached hydrogen (secondary N) is 1. The zero-order chi connectivity index (χ0) is 14.8. The molecule has 0 bridgehead atoms. The number of aromatic nitrogens is 2. The molecule has 2 unspecified atom stereocenters. The average molecular weight is 299 g/mol. The predicted octanol–water partition coefficient (Wildman–Crippen LogP) is 1.07. The molecule has 2 heterocycles. The van der Waals surface area contributed by atoms with Crippen LogP contribution in [0.25, 0.3) is 0 Å². The summed E-state index contributed by atoms with van der Waals surface area (Å²) < 4.78 is 25.3. The quantitative estimate of drug-likeness (QED) is 0.853. The van der Waals surface area contributed by atoms with E-state index in [2.05, 4.69) is 23.4 Å². The minimum atomic E-state index is -2.83. The molecule has 0 radical (unpaired) electrons. The van der Waals surface area contributed by atoms with Crippen LogP contribution in [0.1, 0.15) is 31.2 Å². The van der Waals surface area contributed by atoms with Crippen LogP contribution in [0.5, 0.6) is 0 Å². The molecule has 2 atom stereocenters. The topological polar surface area (TPSA) is 64.0 Å². The molecule has 0 saturated carbocycles. The van der Waals surface area contributed by atoms with E-state index in [-0.39, 0.29) is 12.0 Å². The van der Waals surface area contributed by atoms with E-state index < -0.39 is 9.84 Å². The summed E-state index contributed by atoms with van der Waals surface area (Å²) in [6.07, 6.45) is 2.68. The van der Waals surface area contributed by atoms with Gasteiger partial charge in [0.05, 0.1) is 17.2 Å². The highest BCUT2D eigenvalue weighted by Gasteiger charge is 2.33. The van der Waals surface area contributed by atoms with Gasteiger partial charge in [0.1, 0.15) is 0 Å². The minimum absolute atomic E-state index is 0.224. The van der Waals surface area contributed by atoms with Crippen molar-refractivity contribution in [3.8, 4) is 0 Å². The number of aryl methyl sites for hydroxylation is 2. The number of hydrogen-bond acceptors (Lipinski definition) is 4. The van der Waals surface area contributed by atoms with Crippen molar-refractivity contribution in [2.24, 2.45) is 13.0 Å². The maximum Gasteiger partial charge on any atom is 0.150 e. The molecular formula is C14H25N3O2S. The van der Waals surface area contributed by atoms with E-state index in [1.54, 1.807) is 0 Å². The van der Waals surface area contributed by atoms with Gasteiger partial charge >= 0.3 is 0 Å². The molecule has 1 N–H and O–H groups in total. The first kappa shape index (κ1) is 15.5. The monoisotopic (exact) mass is 299 g/mol. The maximum absolute atomic E-state index is 11.7. The van der Waals surface area contributed by atoms with E-state index >= 15 is 0 Å². The summed E-state index contributed by atoms with van der Waals surface area (Å²) in [5.74, 6) is 0.888. The Morgan fingerprint density at radius 3 is 2.80 bits per heavy atom. The van der Waals surface area contributed by atoms with E-state index in [1.807, 2.05) is 18.7 Å². The molecule has 114 valence electrons. The fourth-order valence-electron chi connectivity index (χ4n) is 2.96. The van der Waals surface area contributed by atoms with Crippen LogP contribution in [0, 0.1) is 12.8 Å². The molecule has 1 saturated heterocycles. The van der Waals surface area contributed by atoms with Crippen molar-refractivity contribution in [2.45, 2.75) is 39.2 Å². The molecule has 5 nitrogen and oxygen atoms in total. The summed E-state index contributed by atoms with van der Waals surface area (Å²) in [7, 11) is -0.876. The highest BCUT2D eigenvalue weighted by atomic mass is 32.2. The molecule has 1 fully saturated rings. The third-order valence-electron chi connectivity index (χ3n) is 4.02. The van der Waals surface area contributed by atoms with Gasteiger partial charge in [-0.3, -0.25) is 4.68 Å². The lowest BCUT2D eigenvalue weighted by molar-refractivity contribution is 0.373. The van der Waals surface area contributed by atoms with E-state index in [0.717, 1.165) is 31.5 Å².